The SMILES string of the molecule is CCOC(=O)CC1NC(c2ccccc2C(F)(F)F)=CS1. The van der Waals surface area contributed by atoms with E-state index in [1.54, 1.807) is 18.4 Å². The fourth-order valence-corrected chi connectivity index (χ4v) is 2.89. The predicted molar refractivity (Wildman–Crippen MR) is 75.2 cm³/mol. The van der Waals surface area contributed by atoms with Crippen molar-refractivity contribution in [3.8, 4) is 0 Å². The first-order chi connectivity index (χ1) is 9.91. The highest BCUT2D eigenvalue weighted by molar-refractivity contribution is 8.03. The van der Waals surface area contributed by atoms with E-state index < -0.39 is 11.7 Å². The van der Waals surface area contributed by atoms with Crippen LogP contribution < -0.4 is 5.32 Å². The van der Waals surface area contributed by atoms with E-state index in [1.165, 1.54) is 23.9 Å². The molecule has 1 aliphatic heterocycles. The highest BCUT2D eigenvalue weighted by Crippen LogP contribution is 2.37. The normalized spacial score (nSPS) is 18.1. The van der Waals surface area contributed by atoms with Crippen molar-refractivity contribution in [1.29, 1.82) is 0 Å². The Morgan fingerprint density at radius 2 is 2.10 bits per heavy atom. The first-order valence-corrected chi connectivity index (χ1v) is 7.30. The molecule has 1 atom stereocenters. The molecule has 1 unspecified atom stereocenters. The second-order valence-corrected chi connectivity index (χ2v) is 5.43. The van der Waals surface area contributed by atoms with Crippen LogP contribution in [-0.2, 0) is 15.7 Å². The zero-order valence-electron chi connectivity index (χ0n) is 11.2. The lowest BCUT2D eigenvalue weighted by molar-refractivity contribution is -0.143. The Labute approximate surface area is 124 Å². The lowest BCUT2D eigenvalue weighted by Crippen LogP contribution is -2.25. The van der Waals surface area contributed by atoms with Crippen molar-refractivity contribution < 1.29 is 22.7 Å². The van der Waals surface area contributed by atoms with Gasteiger partial charge in [0, 0.05) is 11.3 Å². The Hall–Kier alpha value is -1.63. The summed E-state index contributed by atoms with van der Waals surface area (Å²) in [6.45, 7) is 1.99. The Kier molecular flexibility index (Phi) is 4.82. The summed E-state index contributed by atoms with van der Waals surface area (Å²) >= 11 is 1.28. The average Bonchev–Trinajstić information content (AvgIpc) is 2.86. The lowest BCUT2D eigenvalue weighted by atomic mass is 10.0. The molecule has 3 nitrogen and oxygen atoms in total. The highest BCUT2D eigenvalue weighted by Gasteiger charge is 2.35. The van der Waals surface area contributed by atoms with Crippen molar-refractivity contribution in [1.82, 2.24) is 5.32 Å². The molecule has 0 fully saturated rings. The number of alkyl halides is 3. The molecule has 1 aromatic rings. The van der Waals surface area contributed by atoms with Crippen molar-refractivity contribution in [3.05, 3.63) is 40.8 Å². The van der Waals surface area contributed by atoms with Crippen molar-refractivity contribution in [2.45, 2.75) is 24.9 Å². The molecule has 0 radical (unpaired) electrons. The average molecular weight is 317 g/mol. The maximum Gasteiger partial charge on any atom is 0.417 e. The third-order valence-corrected chi connectivity index (χ3v) is 3.83. The third kappa shape index (κ3) is 3.93. The summed E-state index contributed by atoms with van der Waals surface area (Å²) in [5.41, 5.74) is -0.229. The molecule has 0 aliphatic carbocycles. The number of thioether (sulfide) groups is 1. The smallest absolute Gasteiger partial charge is 0.417 e. The molecule has 21 heavy (non-hydrogen) atoms. The van der Waals surface area contributed by atoms with Gasteiger partial charge in [-0.1, -0.05) is 18.2 Å². The number of carbonyl (C=O) groups excluding carboxylic acids is 1. The van der Waals surface area contributed by atoms with E-state index in [-0.39, 0.29) is 29.9 Å². The van der Waals surface area contributed by atoms with E-state index in [0.717, 1.165) is 6.07 Å². The van der Waals surface area contributed by atoms with Gasteiger partial charge in [0.25, 0.3) is 0 Å². The minimum atomic E-state index is -4.41. The molecule has 0 bridgehead atoms. The first kappa shape index (κ1) is 15.8. The number of ether oxygens (including phenoxy) is 1. The van der Waals surface area contributed by atoms with Crippen LogP contribution in [-0.4, -0.2) is 18.0 Å². The molecule has 1 N–H and O–H groups in total. The Bertz CT molecular complexity index is 557. The summed E-state index contributed by atoms with van der Waals surface area (Å²) in [5, 5.41) is 4.23. The molecule has 1 aliphatic rings. The van der Waals surface area contributed by atoms with E-state index >= 15 is 0 Å². The minimum absolute atomic E-state index is 0.0869. The monoisotopic (exact) mass is 317 g/mol. The first-order valence-electron chi connectivity index (χ1n) is 6.36. The van der Waals surface area contributed by atoms with Gasteiger partial charge in [-0.05, 0) is 18.4 Å². The van der Waals surface area contributed by atoms with Gasteiger partial charge in [0.05, 0.1) is 24.0 Å². The standard InChI is InChI=1S/C14H14F3NO2S/c1-2-20-13(19)7-12-18-11(8-21-12)9-5-3-4-6-10(9)14(15,16)17/h3-6,8,12,18H,2,7H2,1H3. The van der Waals surface area contributed by atoms with Gasteiger partial charge < -0.3 is 10.1 Å². The zero-order chi connectivity index (χ0) is 15.5. The summed E-state index contributed by atoms with van der Waals surface area (Å²) in [6.07, 6.45) is -4.31. The molecule has 0 spiro atoms. The fourth-order valence-electron chi connectivity index (χ4n) is 1.97. The van der Waals surface area contributed by atoms with Gasteiger partial charge in [-0.25, -0.2) is 0 Å². The molecule has 1 heterocycles. The number of carbonyl (C=O) groups is 1. The number of nitrogens with one attached hydrogen (secondary N) is 1. The van der Waals surface area contributed by atoms with Crippen LogP contribution in [0.15, 0.2) is 29.7 Å². The maximum absolute atomic E-state index is 13.0. The van der Waals surface area contributed by atoms with E-state index in [4.69, 9.17) is 4.74 Å². The summed E-state index contributed by atoms with van der Waals surface area (Å²) in [6, 6.07) is 5.36. The zero-order valence-corrected chi connectivity index (χ0v) is 12.1. The molecule has 114 valence electrons. The van der Waals surface area contributed by atoms with Crippen molar-refractivity contribution in [2.24, 2.45) is 0 Å². The van der Waals surface area contributed by atoms with Crippen LogP contribution in [0.5, 0.6) is 0 Å². The molecule has 0 amide bonds. The highest BCUT2D eigenvalue weighted by atomic mass is 32.2. The lowest BCUT2D eigenvalue weighted by Gasteiger charge is -2.16. The van der Waals surface area contributed by atoms with Crippen LogP contribution in [0.1, 0.15) is 24.5 Å². The van der Waals surface area contributed by atoms with Crippen LogP contribution in [0, 0.1) is 0 Å². The summed E-state index contributed by atoms with van der Waals surface area (Å²) < 4.78 is 43.7. The van der Waals surface area contributed by atoms with Gasteiger partial charge in [0.2, 0.25) is 0 Å². The Morgan fingerprint density at radius 3 is 2.76 bits per heavy atom. The summed E-state index contributed by atoms with van der Waals surface area (Å²) in [7, 11) is 0. The van der Waals surface area contributed by atoms with Gasteiger partial charge in [0.15, 0.2) is 0 Å². The molecule has 0 saturated heterocycles. The van der Waals surface area contributed by atoms with E-state index in [2.05, 4.69) is 5.32 Å². The van der Waals surface area contributed by atoms with Crippen LogP contribution in [0.25, 0.3) is 5.70 Å². The summed E-state index contributed by atoms with van der Waals surface area (Å²) in [5.74, 6) is -0.374. The Balaban J connectivity index is 2.10. The van der Waals surface area contributed by atoms with Crippen LogP contribution in [0.4, 0.5) is 13.2 Å². The molecule has 1 aromatic carbocycles. The van der Waals surface area contributed by atoms with Crippen LogP contribution in [0.3, 0.4) is 0 Å². The van der Waals surface area contributed by atoms with Gasteiger partial charge in [-0.2, -0.15) is 13.2 Å². The second kappa shape index (κ2) is 6.43. The van der Waals surface area contributed by atoms with Gasteiger partial charge in [0.1, 0.15) is 0 Å². The number of esters is 1. The van der Waals surface area contributed by atoms with E-state index in [0.29, 0.717) is 5.70 Å². The molecule has 2 rings (SSSR count). The molecular formula is C14H14F3NO2S. The van der Waals surface area contributed by atoms with Crippen LogP contribution in [0.2, 0.25) is 0 Å². The molecule has 7 heteroatoms. The number of halogens is 3. The second-order valence-electron chi connectivity index (χ2n) is 4.35. The number of hydrogen-bond acceptors (Lipinski definition) is 4. The van der Waals surface area contributed by atoms with Gasteiger partial charge >= 0.3 is 12.1 Å². The van der Waals surface area contributed by atoms with Crippen LogP contribution >= 0.6 is 11.8 Å². The number of benzene rings is 1. The minimum Gasteiger partial charge on any atom is -0.466 e. The third-order valence-electron chi connectivity index (χ3n) is 2.85. The largest absolute Gasteiger partial charge is 0.466 e. The van der Waals surface area contributed by atoms with E-state index in [9.17, 15) is 18.0 Å². The van der Waals surface area contributed by atoms with Crippen molar-refractivity contribution in [3.63, 3.8) is 0 Å². The van der Waals surface area contributed by atoms with Gasteiger partial charge in [-0.15, -0.1) is 11.8 Å². The van der Waals surface area contributed by atoms with E-state index in [1.807, 2.05) is 0 Å². The van der Waals surface area contributed by atoms with Crippen molar-refractivity contribution >= 4 is 23.4 Å². The molecular weight excluding hydrogens is 303 g/mol. The molecule has 0 saturated carbocycles. The summed E-state index contributed by atoms with van der Waals surface area (Å²) in [4.78, 5) is 11.4. The quantitative estimate of drug-likeness (QED) is 0.861. The Morgan fingerprint density at radius 1 is 1.38 bits per heavy atom. The topological polar surface area (TPSA) is 38.3 Å². The maximum atomic E-state index is 13.0. The predicted octanol–water partition coefficient (Wildman–Crippen LogP) is 3.62. The number of hydrogen-bond donors (Lipinski definition) is 1. The molecule has 0 aromatic heterocycles. The number of rotatable bonds is 4. The fraction of sp³-hybridized carbons (Fsp3) is 0.357. The van der Waals surface area contributed by atoms with Gasteiger partial charge in [-0.3, -0.25) is 4.79 Å². The van der Waals surface area contributed by atoms with Crippen molar-refractivity contribution in [2.75, 3.05) is 6.61 Å².